The van der Waals surface area contributed by atoms with Gasteiger partial charge in [-0.3, -0.25) is 20.2 Å². The number of rotatable bonds is 3. The first-order valence-corrected chi connectivity index (χ1v) is 5.54. The molecule has 2 aromatic heterocycles. The van der Waals surface area contributed by atoms with Gasteiger partial charge in [0.1, 0.15) is 10.9 Å². The van der Waals surface area contributed by atoms with Crippen molar-refractivity contribution in [3.05, 3.63) is 51.1 Å². The number of carbonyl (C=O) groups excluding carboxylic acids is 1. The molecule has 7 nitrogen and oxygen atoms in total. The number of halogens is 1. The van der Waals surface area contributed by atoms with Gasteiger partial charge in [-0.2, -0.15) is 0 Å². The normalized spacial score (nSPS) is 10.2. The Balaban J connectivity index is 2.30. The third-order valence-electron chi connectivity index (χ3n) is 2.23. The number of amides is 1. The van der Waals surface area contributed by atoms with Crippen LogP contribution in [0.5, 0.6) is 0 Å². The minimum absolute atomic E-state index is 0.0357. The lowest BCUT2D eigenvalue weighted by atomic mass is 10.3. The van der Waals surface area contributed by atoms with E-state index in [2.05, 4.69) is 10.3 Å². The van der Waals surface area contributed by atoms with Crippen LogP contribution in [0.4, 0.5) is 11.5 Å². The van der Waals surface area contributed by atoms with Crippen molar-refractivity contribution in [2.75, 3.05) is 5.32 Å². The van der Waals surface area contributed by atoms with E-state index in [1.807, 2.05) is 0 Å². The second-order valence-electron chi connectivity index (χ2n) is 3.62. The van der Waals surface area contributed by atoms with Crippen molar-refractivity contribution in [2.24, 2.45) is 0 Å². The molecule has 2 aromatic rings. The van der Waals surface area contributed by atoms with Crippen LogP contribution in [0.15, 0.2) is 28.7 Å². The van der Waals surface area contributed by atoms with Crippen molar-refractivity contribution in [2.45, 2.75) is 6.92 Å². The summed E-state index contributed by atoms with van der Waals surface area (Å²) < 4.78 is 5.11. The topological polar surface area (TPSA) is 98.3 Å². The van der Waals surface area contributed by atoms with Gasteiger partial charge in [-0.25, -0.2) is 4.98 Å². The van der Waals surface area contributed by atoms with E-state index in [0.717, 1.165) is 0 Å². The maximum atomic E-state index is 11.8. The van der Waals surface area contributed by atoms with E-state index in [9.17, 15) is 14.9 Å². The lowest BCUT2D eigenvalue weighted by Gasteiger charge is -2.03. The molecule has 0 radical (unpaired) electrons. The molecular weight excluding hydrogens is 274 g/mol. The summed E-state index contributed by atoms with van der Waals surface area (Å²) in [5, 5.41) is 13.1. The first-order valence-electron chi connectivity index (χ1n) is 5.16. The van der Waals surface area contributed by atoms with E-state index < -0.39 is 10.8 Å². The van der Waals surface area contributed by atoms with Gasteiger partial charge in [-0.05, 0) is 25.1 Å². The van der Waals surface area contributed by atoms with E-state index in [0.29, 0.717) is 5.76 Å². The Bertz CT molecular complexity index is 653. The molecule has 2 rings (SSSR count). The van der Waals surface area contributed by atoms with Crippen LogP contribution >= 0.6 is 11.6 Å². The molecule has 0 aliphatic heterocycles. The average Bonchev–Trinajstić information content (AvgIpc) is 2.75. The Morgan fingerprint density at radius 2 is 2.16 bits per heavy atom. The van der Waals surface area contributed by atoms with E-state index in [4.69, 9.17) is 16.0 Å². The fourth-order valence-electron chi connectivity index (χ4n) is 1.39. The molecule has 0 atom stereocenters. The molecule has 0 spiro atoms. The maximum Gasteiger partial charge on any atom is 0.311 e. The predicted octanol–water partition coefficient (Wildman–Crippen LogP) is 2.80. The summed E-state index contributed by atoms with van der Waals surface area (Å²) in [7, 11) is 0. The number of pyridine rings is 1. The van der Waals surface area contributed by atoms with Crippen molar-refractivity contribution in [3.8, 4) is 0 Å². The lowest BCUT2D eigenvalue weighted by molar-refractivity contribution is -0.384. The Hall–Kier alpha value is -2.41. The van der Waals surface area contributed by atoms with Gasteiger partial charge in [0.05, 0.1) is 4.92 Å². The number of nitrogens with one attached hydrogen (secondary N) is 1. The fourth-order valence-corrected chi connectivity index (χ4v) is 1.54. The molecule has 0 aliphatic carbocycles. The average molecular weight is 282 g/mol. The van der Waals surface area contributed by atoms with Gasteiger partial charge in [0, 0.05) is 6.07 Å². The van der Waals surface area contributed by atoms with E-state index in [1.54, 1.807) is 13.0 Å². The number of hydrogen-bond acceptors (Lipinski definition) is 5. The summed E-state index contributed by atoms with van der Waals surface area (Å²) in [4.78, 5) is 25.7. The van der Waals surface area contributed by atoms with Crippen LogP contribution in [0.25, 0.3) is 0 Å². The minimum atomic E-state index is -0.660. The summed E-state index contributed by atoms with van der Waals surface area (Å²) in [6.45, 7) is 1.68. The molecule has 0 unspecified atom stereocenters. The van der Waals surface area contributed by atoms with Crippen LogP contribution in [0.2, 0.25) is 5.15 Å². The quantitative estimate of drug-likeness (QED) is 0.530. The lowest BCUT2D eigenvalue weighted by Crippen LogP contribution is -2.13. The van der Waals surface area contributed by atoms with Crippen LogP contribution in [0.3, 0.4) is 0 Å². The molecule has 0 saturated heterocycles. The van der Waals surface area contributed by atoms with Crippen molar-refractivity contribution >= 4 is 29.0 Å². The molecule has 1 amide bonds. The van der Waals surface area contributed by atoms with Gasteiger partial charge in [0.15, 0.2) is 5.76 Å². The number of aryl methyl sites for hydroxylation is 1. The molecule has 1 N–H and O–H groups in total. The third kappa shape index (κ3) is 2.89. The molecule has 0 saturated carbocycles. The van der Waals surface area contributed by atoms with Gasteiger partial charge in [0.2, 0.25) is 5.82 Å². The number of furan rings is 1. The second kappa shape index (κ2) is 5.07. The molecule has 0 fully saturated rings. The summed E-state index contributed by atoms with van der Waals surface area (Å²) in [5.41, 5.74) is -0.346. The fraction of sp³-hybridized carbons (Fsp3) is 0.0909. The largest absolute Gasteiger partial charge is 0.456 e. The number of carbonyl (C=O) groups is 1. The van der Waals surface area contributed by atoms with Gasteiger partial charge >= 0.3 is 5.69 Å². The molecule has 19 heavy (non-hydrogen) atoms. The zero-order valence-corrected chi connectivity index (χ0v) is 10.5. The number of nitrogens with zero attached hydrogens (tertiary/aromatic N) is 2. The zero-order chi connectivity index (χ0) is 14.0. The smallest absolute Gasteiger partial charge is 0.311 e. The van der Waals surface area contributed by atoms with E-state index in [-0.39, 0.29) is 22.4 Å². The molecule has 0 bridgehead atoms. The molecular formula is C11H8ClN3O4. The molecule has 0 aliphatic rings. The van der Waals surface area contributed by atoms with E-state index >= 15 is 0 Å². The van der Waals surface area contributed by atoms with Crippen molar-refractivity contribution in [3.63, 3.8) is 0 Å². The van der Waals surface area contributed by atoms with E-state index in [1.165, 1.54) is 18.2 Å². The maximum absolute atomic E-state index is 11.8. The second-order valence-corrected chi connectivity index (χ2v) is 4.01. The summed E-state index contributed by atoms with van der Waals surface area (Å²) >= 11 is 5.65. The number of hydrogen-bond donors (Lipinski definition) is 1. The predicted molar refractivity (Wildman–Crippen MR) is 67.3 cm³/mol. The van der Waals surface area contributed by atoms with Crippen LogP contribution in [0.1, 0.15) is 16.3 Å². The third-order valence-corrected chi connectivity index (χ3v) is 2.44. The molecule has 0 aromatic carbocycles. The highest BCUT2D eigenvalue weighted by Gasteiger charge is 2.20. The SMILES string of the molecule is Cc1ccc(C(=O)Nc2nc(Cl)ccc2[N+](=O)[O-])o1. The summed E-state index contributed by atoms with van der Waals surface area (Å²) in [5.74, 6) is -0.269. The highest BCUT2D eigenvalue weighted by atomic mass is 35.5. The van der Waals surface area contributed by atoms with Gasteiger partial charge in [-0.15, -0.1) is 0 Å². The van der Waals surface area contributed by atoms with Gasteiger partial charge < -0.3 is 4.42 Å². The van der Waals surface area contributed by atoms with Crippen LogP contribution < -0.4 is 5.32 Å². The molecule has 98 valence electrons. The number of nitro groups is 1. The van der Waals surface area contributed by atoms with Crippen LogP contribution in [-0.4, -0.2) is 15.8 Å². The molecule has 8 heteroatoms. The standard InChI is InChI=1S/C11H8ClN3O4/c1-6-2-4-8(19-6)11(16)14-10-7(15(17)18)3-5-9(12)13-10/h2-5H,1H3,(H,13,14,16). The monoisotopic (exact) mass is 281 g/mol. The number of anilines is 1. The highest BCUT2D eigenvalue weighted by Crippen LogP contribution is 2.24. The Kier molecular flexibility index (Phi) is 3.48. The first-order chi connectivity index (χ1) is 8.97. The first kappa shape index (κ1) is 13.0. The Labute approximate surface area is 112 Å². The number of aromatic nitrogens is 1. The van der Waals surface area contributed by atoms with Crippen LogP contribution in [0, 0.1) is 17.0 Å². The molecule has 2 heterocycles. The Morgan fingerprint density at radius 3 is 2.74 bits per heavy atom. The highest BCUT2D eigenvalue weighted by molar-refractivity contribution is 6.29. The van der Waals surface area contributed by atoms with Crippen molar-refractivity contribution in [1.82, 2.24) is 4.98 Å². The van der Waals surface area contributed by atoms with Gasteiger partial charge in [-0.1, -0.05) is 11.6 Å². The minimum Gasteiger partial charge on any atom is -0.456 e. The van der Waals surface area contributed by atoms with Crippen molar-refractivity contribution in [1.29, 1.82) is 0 Å². The van der Waals surface area contributed by atoms with Crippen LogP contribution in [-0.2, 0) is 0 Å². The zero-order valence-electron chi connectivity index (χ0n) is 9.71. The van der Waals surface area contributed by atoms with Gasteiger partial charge in [0.25, 0.3) is 5.91 Å². The van der Waals surface area contributed by atoms with Crippen molar-refractivity contribution < 1.29 is 14.1 Å². The summed E-state index contributed by atoms with van der Waals surface area (Å²) in [6, 6.07) is 5.50. The summed E-state index contributed by atoms with van der Waals surface area (Å²) in [6.07, 6.45) is 0. The Morgan fingerprint density at radius 1 is 1.42 bits per heavy atom.